The highest BCUT2D eigenvalue weighted by Gasteiger charge is 2.27. The fraction of sp³-hybridized carbons (Fsp3) is 0.368. The van der Waals surface area contributed by atoms with E-state index in [-0.39, 0.29) is 0 Å². The first-order valence-corrected chi connectivity index (χ1v) is 9.01. The van der Waals surface area contributed by atoms with E-state index in [4.69, 9.17) is 0 Å². The Balaban J connectivity index is 2.02. The zero-order chi connectivity index (χ0) is 16.0. The van der Waals surface area contributed by atoms with Gasteiger partial charge >= 0.3 is 0 Å². The van der Waals surface area contributed by atoms with Crippen molar-refractivity contribution in [3.63, 3.8) is 0 Å². The predicted molar refractivity (Wildman–Crippen MR) is 97.6 cm³/mol. The minimum absolute atomic E-state index is 0.628. The molecule has 1 aliphatic rings. The Labute approximate surface area is 144 Å². The summed E-state index contributed by atoms with van der Waals surface area (Å²) in [5.41, 5.74) is 5.21. The molecular weight excluding hydrogens is 350 g/mol. The van der Waals surface area contributed by atoms with Crippen molar-refractivity contribution in [2.75, 3.05) is 0 Å². The molecule has 0 spiro atoms. The lowest BCUT2D eigenvalue weighted by molar-refractivity contribution is 0.725. The van der Waals surface area contributed by atoms with Gasteiger partial charge in [-0.2, -0.15) is 0 Å². The summed E-state index contributed by atoms with van der Waals surface area (Å²) < 4.78 is 3.19. The molecule has 2 heterocycles. The van der Waals surface area contributed by atoms with Gasteiger partial charge in [0, 0.05) is 30.3 Å². The Morgan fingerprint density at radius 3 is 2.52 bits per heavy atom. The quantitative estimate of drug-likeness (QED) is 0.608. The molecule has 118 valence electrons. The van der Waals surface area contributed by atoms with Crippen LogP contribution >= 0.6 is 15.9 Å². The molecule has 1 aliphatic carbocycles. The minimum Gasteiger partial charge on any atom is -0.341 e. The maximum absolute atomic E-state index is 4.58. The van der Waals surface area contributed by atoms with Crippen LogP contribution in [0.5, 0.6) is 0 Å². The van der Waals surface area contributed by atoms with Crippen LogP contribution in [0.1, 0.15) is 42.7 Å². The Bertz CT molecular complexity index is 858. The molecule has 0 aliphatic heterocycles. The van der Waals surface area contributed by atoms with E-state index in [1.165, 1.54) is 53.4 Å². The average Bonchev–Trinajstić information content (AvgIpc) is 3.15. The normalized spacial score (nSPS) is 15.6. The molecule has 23 heavy (non-hydrogen) atoms. The van der Waals surface area contributed by atoms with Crippen molar-refractivity contribution >= 4 is 26.8 Å². The van der Waals surface area contributed by atoms with E-state index in [2.05, 4.69) is 62.6 Å². The molecule has 0 N–H and O–H groups in total. The zero-order valence-corrected chi connectivity index (χ0v) is 15.1. The van der Waals surface area contributed by atoms with Crippen molar-refractivity contribution in [2.24, 2.45) is 7.05 Å². The highest BCUT2D eigenvalue weighted by molar-refractivity contribution is 9.10. The molecule has 3 aromatic rings. The standard InChI is InChI=1S/C19H20BrN3/c1-12-7-8-15-16(9-12)23(2)18(17(15)13-5-3-4-6-13)19-21-10-14(20)11-22-19/h7-11,13H,3-6H2,1-2H3. The third kappa shape index (κ3) is 2.49. The van der Waals surface area contributed by atoms with Gasteiger partial charge in [-0.05, 0) is 58.8 Å². The summed E-state index contributed by atoms with van der Waals surface area (Å²) in [7, 11) is 2.14. The van der Waals surface area contributed by atoms with Gasteiger partial charge in [-0.3, -0.25) is 0 Å². The highest BCUT2D eigenvalue weighted by Crippen LogP contribution is 2.43. The predicted octanol–water partition coefficient (Wildman–Crippen LogP) is 5.36. The Morgan fingerprint density at radius 2 is 1.83 bits per heavy atom. The van der Waals surface area contributed by atoms with E-state index in [1.54, 1.807) is 0 Å². The summed E-state index contributed by atoms with van der Waals surface area (Å²) in [5.74, 6) is 1.45. The van der Waals surface area contributed by atoms with Gasteiger partial charge in [-0.15, -0.1) is 0 Å². The molecule has 4 heteroatoms. The van der Waals surface area contributed by atoms with Gasteiger partial charge in [-0.1, -0.05) is 25.0 Å². The summed E-state index contributed by atoms with van der Waals surface area (Å²) in [6.07, 6.45) is 8.88. The number of hydrogen-bond donors (Lipinski definition) is 0. The summed E-state index contributed by atoms with van der Waals surface area (Å²) in [4.78, 5) is 9.16. The summed E-state index contributed by atoms with van der Waals surface area (Å²) in [6.45, 7) is 2.15. The number of hydrogen-bond acceptors (Lipinski definition) is 2. The van der Waals surface area contributed by atoms with Gasteiger partial charge in [0.25, 0.3) is 0 Å². The van der Waals surface area contributed by atoms with E-state index < -0.39 is 0 Å². The second-order valence-electron chi connectivity index (χ2n) is 6.55. The van der Waals surface area contributed by atoms with Gasteiger partial charge in [-0.25, -0.2) is 9.97 Å². The Kier molecular flexibility index (Phi) is 3.72. The first-order chi connectivity index (χ1) is 11.1. The number of aromatic nitrogens is 3. The van der Waals surface area contributed by atoms with Crippen molar-refractivity contribution in [3.05, 3.63) is 46.2 Å². The lowest BCUT2D eigenvalue weighted by Gasteiger charge is -2.12. The molecule has 1 saturated carbocycles. The molecule has 3 nitrogen and oxygen atoms in total. The van der Waals surface area contributed by atoms with Crippen molar-refractivity contribution < 1.29 is 0 Å². The lowest BCUT2D eigenvalue weighted by atomic mass is 9.94. The van der Waals surface area contributed by atoms with Crippen LogP contribution in [0, 0.1) is 6.92 Å². The van der Waals surface area contributed by atoms with Gasteiger partial charge in [0.2, 0.25) is 0 Å². The molecule has 0 amide bonds. The smallest absolute Gasteiger partial charge is 0.176 e. The van der Waals surface area contributed by atoms with Gasteiger partial charge < -0.3 is 4.57 Å². The van der Waals surface area contributed by atoms with Crippen LogP contribution in [0.25, 0.3) is 22.4 Å². The van der Waals surface area contributed by atoms with Crippen LogP contribution in [0.4, 0.5) is 0 Å². The van der Waals surface area contributed by atoms with Gasteiger partial charge in [0.05, 0.1) is 10.2 Å². The van der Waals surface area contributed by atoms with Crippen LogP contribution in [0.2, 0.25) is 0 Å². The molecule has 4 rings (SSSR count). The van der Waals surface area contributed by atoms with E-state index in [1.807, 2.05) is 12.4 Å². The third-order valence-electron chi connectivity index (χ3n) is 4.99. The largest absolute Gasteiger partial charge is 0.341 e. The fourth-order valence-corrected chi connectivity index (χ4v) is 4.11. The minimum atomic E-state index is 0.628. The molecule has 0 radical (unpaired) electrons. The monoisotopic (exact) mass is 369 g/mol. The molecule has 1 fully saturated rings. The molecular formula is C19H20BrN3. The maximum Gasteiger partial charge on any atom is 0.176 e. The van der Waals surface area contributed by atoms with Crippen molar-refractivity contribution in [1.82, 2.24) is 14.5 Å². The van der Waals surface area contributed by atoms with Crippen molar-refractivity contribution in [1.29, 1.82) is 0 Å². The van der Waals surface area contributed by atoms with E-state index in [0.717, 1.165) is 10.3 Å². The van der Waals surface area contributed by atoms with Gasteiger partial charge in [0.1, 0.15) is 0 Å². The van der Waals surface area contributed by atoms with Crippen LogP contribution in [0.3, 0.4) is 0 Å². The van der Waals surface area contributed by atoms with E-state index in [9.17, 15) is 0 Å². The number of halogens is 1. The van der Waals surface area contributed by atoms with E-state index in [0.29, 0.717) is 5.92 Å². The van der Waals surface area contributed by atoms with Crippen LogP contribution < -0.4 is 0 Å². The Hall–Kier alpha value is -1.68. The average molecular weight is 370 g/mol. The summed E-state index contributed by atoms with van der Waals surface area (Å²) >= 11 is 3.43. The van der Waals surface area contributed by atoms with Crippen LogP contribution in [0.15, 0.2) is 35.1 Å². The molecule has 1 aromatic carbocycles. The fourth-order valence-electron chi connectivity index (χ4n) is 3.91. The summed E-state index contributed by atoms with van der Waals surface area (Å²) in [5, 5.41) is 1.37. The molecule has 2 aromatic heterocycles. The topological polar surface area (TPSA) is 30.7 Å². The van der Waals surface area contributed by atoms with Gasteiger partial charge in [0.15, 0.2) is 5.82 Å². The number of aryl methyl sites for hydroxylation is 2. The van der Waals surface area contributed by atoms with E-state index >= 15 is 0 Å². The number of fused-ring (bicyclic) bond motifs is 1. The maximum atomic E-state index is 4.58. The zero-order valence-electron chi connectivity index (χ0n) is 13.5. The number of nitrogens with zero attached hydrogens (tertiary/aromatic N) is 3. The molecule has 0 saturated heterocycles. The van der Waals surface area contributed by atoms with Crippen LogP contribution in [-0.2, 0) is 7.05 Å². The third-order valence-corrected chi connectivity index (χ3v) is 5.40. The summed E-state index contributed by atoms with van der Waals surface area (Å²) in [6, 6.07) is 6.77. The first kappa shape index (κ1) is 14.9. The second-order valence-corrected chi connectivity index (χ2v) is 7.46. The molecule has 0 atom stereocenters. The highest BCUT2D eigenvalue weighted by atomic mass is 79.9. The van der Waals surface area contributed by atoms with Crippen LogP contribution in [-0.4, -0.2) is 14.5 Å². The number of benzene rings is 1. The van der Waals surface area contributed by atoms with Crippen molar-refractivity contribution in [3.8, 4) is 11.5 Å². The Morgan fingerprint density at radius 1 is 1.13 bits per heavy atom. The SMILES string of the molecule is Cc1ccc2c(C3CCCC3)c(-c3ncc(Br)cn3)n(C)c2c1. The van der Waals surface area contributed by atoms with Crippen molar-refractivity contribution in [2.45, 2.75) is 38.5 Å². The molecule has 0 unspecified atom stereocenters. The lowest BCUT2D eigenvalue weighted by Crippen LogP contribution is -2.01. The second kappa shape index (κ2) is 5.75. The first-order valence-electron chi connectivity index (χ1n) is 8.22. The number of rotatable bonds is 2. The molecule has 0 bridgehead atoms.